The van der Waals surface area contributed by atoms with Crippen molar-refractivity contribution in [1.29, 1.82) is 0 Å². The SMILES string of the molecule is C[n+]1cccc2oc3c(c21)CCCCCC3. The van der Waals surface area contributed by atoms with Crippen molar-refractivity contribution < 1.29 is 8.98 Å². The summed E-state index contributed by atoms with van der Waals surface area (Å²) in [5, 5.41) is 0. The van der Waals surface area contributed by atoms with Gasteiger partial charge in [0.25, 0.3) is 5.52 Å². The molecule has 0 saturated carbocycles. The van der Waals surface area contributed by atoms with Crippen molar-refractivity contribution in [3.8, 4) is 0 Å². The summed E-state index contributed by atoms with van der Waals surface area (Å²) in [7, 11) is 2.11. The van der Waals surface area contributed by atoms with Crippen LogP contribution in [-0.2, 0) is 19.9 Å². The Hall–Kier alpha value is -1.31. The number of pyridine rings is 1. The molecule has 0 radical (unpaired) electrons. The number of rotatable bonds is 0. The summed E-state index contributed by atoms with van der Waals surface area (Å²) in [4.78, 5) is 0. The van der Waals surface area contributed by atoms with Crippen molar-refractivity contribution in [1.82, 2.24) is 0 Å². The smallest absolute Gasteiger partial charge is 0.254 e. The number of hydrogen-bond donors (Lipinski definition) is 0. The summed E-state index contributed by atoms with van der Waals surface area (Å²) in [6, 6.07) is 4.14. The normalized spacial score (nSPS) is 16.8. The van der Waals surface area contributed by atoms with E-state index in [0.29, 0.717) is 0 Å². The van der Waals surface area contributed by atoms with Crippen LogP contribution in [0.3, 0.4) is 0 Å². The number of nitrogens with zero attached hydrogens (tertiary/aromatic N) is 1. The number of hydrogen-bond acceptors (Lipinski definition) is 1. The van der Waals surface area contributed by atoms with Crippen molar-refractivity contribution in [3.05, 3.63) is 29.7 Å². The van der Waals surface area contributed by atoms with Gasteiger partial charge in [-0.05, 0) is 25.3 Å². The maximum atomic E-state index is 5.99. The summed E-state index contributed by atoms with van der Waals surface area (Å²) in [5.74, 6) is 1.23. The first kappa shape index (κ1) is 9.88. The molecular formula is C14H18NO+. The van der Waals surface area contributed by atoms with E-state index in [2.05, 4.69) is 29.9 Å². The van der Waals surface area contributed by atoms with Gasteiger partial charge in [0.15, 0.2) is 11.8 Å². The van der Waals surface area contributed by atoms with Crippen LogP contribution in [0.5, 0.6) is 0 Å². The first-order chi connectivity index (χ1) is 7.86. The molecule has 2 heterocycles. The van der Waals surface area contributed by atoms with Crippen LogP contribution in [0, 0.1) is 0 Å². The molecule has 1 aliphatic rings. The summed E-state index contributed by atoms with van der Waals surface area (Å²) < 4.78 is 8.18. The van der Waals surface area contributed by atoms with Crippen LogP contribution in [0.2, 0.25) is 0 Å². The molecule has 2 nitrogen and oxygen atoms in total. The standard InChI is InChI=1S/C14H18NO/c1-15-10-6-9-13-14(15)11-7-4-2-3-5-8-12(11)16-13/h6,9-10H,2-5,7-8H2,1H3/q+1. The molecule has 2 heteroatoms. The van der Waals surface area contributed by atoms with E-state index in [-0.39, 0.29) is 0 Å². The third-order valence-corrected chi connectivity index (χ3v) is 3.58. The molecule has 0 fully saturated rings. The predicted octanol–water partition coefficient (Wildman–Crippen LogP) is 2.92. The zero-order chi connectivity index (χ0) is 11.0. The Kier molecular flexibility index (Phi) is 2.43. The van der Waals surface area contributed by atoms with Crippen molar-refractivity contribution in [2.24, 2.45) is 7.05 Å². The Bertz CT molecular complexity index is 513. The molecule has 84 valence electrons. The van der Waals surface area contributed by atoms with Gasteiger partial charge < -0.3 is 4.42 Å². The topological polar surface area (TPSA) is 17.0 Å². The summed E-state index contributed by atoms with van der Waals surface area (Å²) >= 11 is 0. The number of fused-ring (bicyclic) bond motifs is 3. The summed E-state index contributed by atoms with van der Waals surface area (Å²) in [6.45, 7) is 0. The highest BCUT2D eigenvalue weighted by Gasteiger charge is 2.21. The quantitative estimate of drug-likeness (QED) is 0.619. The number of furan rings is 1. The maximum Gasteiger partial charge on any atom is 0.254 e. The van der Waals surface area contributed by atoms with Gasteiger partial charge in [-0.2, -0.15) is 4.57 Å². The minimum absolute atomic E-state index is 1.05. The fourth-order valence-electron chi connectivity index (χ4n) is 2.76. The van der Waals surface area contributed by atoms with E-state index in [9.17, 15) is 0 Å². The second-order valence-electron chi connectivity index (χ2n) is 4.75. The molecule has 3 rings (SSSR count). The van der Waals surface area contributed by atoms with Gasteiger partial charge >= 0.3 is 0 Å². The molecule has 0 amide bonds. The minimum atomic E-state index is 1.05. The fourth-order valence-corrected chi connectivity index (χ4v) is 2.76. The van der Waals surface area contributed by atoms with Crippen molar-refractivity contribution >= 4 is 11.1 Å². The van der Waals surface area contributed by atoms with Crippen molar-refractivity contribution in [3.63, 3.8) is 0 Å². The van der Waals surface area contributed by atoms with Crippen LogP contribution in [0.25, 0.3) is 11.1 Å². The van der Waals surface area contributed by atoms with Gasteiger partial charge in [-0.3, -0.25) is 0 Å². The lowest BCUT2D eigenvalue weighted by Crippen LogP contribution is -2.28. The Morgan fingerprint density at radius 2 is 1.94 bits per heavy atom. The highest BCUT2D eigenvalue weighted by molar-refractivity contribution is 5.74. The largest absolute Gasteiger partial charge is 0.454 e. The zero-order valence-corrected chi connectivity index (χ0v) is 9.83. The molecule has 0 saturated heterocycles. The minimum Gasteiger partial charge on any atom is -0.454 e. The van der Waals surface area contributed by atoms with Crippen molar-refractivity contribution in [2.45, 2.75) is 38.5 Å². The molecule has 0 spiro atoms. The van der Waals surface area contributed by atoms with E-state index in [0.717, 1.165) is 12.0 Å². The Morgan fingerprint density at radius 3 is 2.81 bits per heavy atom. The van der Waals surface area contributed by atoms with Crippen LogP contribution in [-0.4, -0.2) is 0 Å². The van der Waals surface area contributed by atoms with Gasteiger partial charge in [-0.25, -0.2) is 0 Å². The Morgan fingerprint density at radius 1 is 1.12 bits per heavy atom. The molecule has 0 atom stereocenters. The molecule has 16 heavy (non-hydrogen) atoms. The molecule has 0 aromatic carbocycles. The van der Waals surface area contributed by atoms with Crippen LogP contribution in [0.15, 0.2) is 22.7 Å². The monoisotopic (exact) mass is 216 g/mol. The fraction of sp³-hybridized carbons (Fsp3) is 0.500. The molecule has 0 bridgehead atoms. The highest BCUT2D eigenvalue weighted by Crippen LogP contribution is 2.28. The lowest BCUT2D eigenvalue weighted by atomic mass is 9.98. The van der Waals surface area contributed by atoms with E-state index in [4.69, 9.17) is 4.42 Å². The molecule has 1 aliphatic carbocycles. The zero-order valence-electron chi connectivity index (χ0n) is 9.83. The lowest BCUT2D eigenvalue weighted by molar-refractivity contribution is -0.645. The van der Waals surface area contributed by atoms with Crippen LogP contribution >= 0.6 is 0 Å². The number of aryl methyl sites for hydroxylation is 3. The second kappa shape index (κ2) is 3.93. The third-order valence-electron chi connectivity index (χ3n) is 3.58. The van der Waals surface area contributed by atoms with E-state index in [1.54, 1.807) is 0 Å². The molecule has 2 aromatic heterocycles. The first-order valence-electron chi connectivity index (χ1n) is 6.25. The molecule has 0 aliphatic heterocycles. The van der Waals surface area contributed by atoms with E-state index in [1.807, 2.05) is 0 Å². The molecule has 2 aromatic rings. The predicted molar refractivity (Wildman–Crippen MR) is 63.3 cm³/mol. The summed E-state index contributed by atoms with van der Waals surface area (Å²) in [5.41, 5.74) is 3.81. The number of aromatic nitrogens is 1. The van der Waals surface area contributed by atoms with Gasteiger partial charge in [0.05, 0.1) is 5.56 Å². The molecule has 0 unspecified atom stereocenters. The van der Waals surface area contributed by atoms with Gasteiger partial charge in [-0.15, -0.1) is 0 Å². The summed E-state index contributed by atoms with van der Waals surface area (Å²) in [6.07, 6.45) is 9.69. The lowest BCUT2D eigenvalue weighted by Gasteiger charge is -2.06. The average Bonchev–Trinajstić information content (AvgIpc) is 2.57. The van der Waals surface area contributed by atoms with E-state index in [1.165, 1.54) is 48.9 Å². The Balaban J connectivity index is 2.21. The second-order valence-corrected chi connectivity index (χ2v) is 4.75. The third kappa shape index (κ3) is 1.53. The van der Waals surface area contributed by atoms with E-state index < -0.39 is 0 Å². The first-order valence-corrected chi connectivity index (χ1v) is 6.25. The van der Waals surface area contributed by atoms with Crippen molar-refractivity contribution in [2.75, 3.05) is 0 Å². The average molecular weight is 216 g/mol. The molecule has 0 N–H and O–H groups in total. The van der Waals surface area contributed by atoms with Gasteiger partial charge in [-0.1, -0.05) is 12.8 Å². The molecular weight excluding hydrogens is 198 g/mol. The van der Waals surface area contributed by atoms with Crippen LogP contribution in [0.4, 0.5) is 0 Å². The maximum absolute atomic E-state index is 5.99. The van der Waals surface area contributed by atoms with E-state index >= 15 is 0 Å². The van der Waals surface area contributed by atoms with Gasteiger partial charge in [0, 0.05) is 12.5 Å². The van der Waals surface area contributed by atoms with Gasteiger partial charge in [0.1, 0.15) is 12.8 Å². The van der Waals surface area contributed by atoms with Crippen LogP contribution < -0.4 is 4.57 Å². The van der Waals surface area contributed by atoms with Gasteiger partial charge in [0.2, 0.25) is 0 Å². The van der Waals surface area contributed by atoms with Crippen LogP contribution in [0.1, 0.15) is 37.0 Å². The highest BCUT2D eigenvalue weighted by atomic mass is 16.3. The Labute approximate surface area is 95.9 Å².